The van der Waals surface area contributed by atoms with Gasteiger partial charge in [-0.1, -0.05) is 91.0 Å². The molecule has 0 fully saturated rings. The summed E-state index contributed by atoms with van der Waals surface area (Å²) in [5.74, 6) is -2.32. The van der Waals surface area contributed by atoms with Gasteiger partial charge in [0.25, 0.3) is 0 Å². The SMILES string of the molecule is C[C@H](OCNC(=O)CCC(=O)[C@H](Cc1ccccc1)NC(=O)CCC(=O)CNC(=O)OCc1ccccc1)C(=O)OCc1ccccc1. The van der Waals surface area contributed by atoms with Gasteiger partial charge in [0.15, 0.2) is 17.7 Å². The van der Waals surface area contributed by atoms with Gasteiger partial charge < -0.3 is 30.2 Å². The monoisotopic (exact) mass is 659 g/mol. The topological polar surface area (TPSA) is 166 Å². The van der Waals surface area contributed by atoms with Crippen LogP contribution in [-0.4, -0.2) is 60.9 Å². The third kappa shape index (κ3) is 14.8. The van der Waals surface area contributed by atoms with E-state index in [-0.39, 0.29) is 70.2 Å². The number of hydrogen-bond donors (Lipinski definition) is 3. The highest BCUT2D eigenvalue weighted by molar-refractivity contribution is 5.93. The Morgan fingerprint density at radius 3 is 1.77 bits per heavy atom. The summed E-state index contributed by atoms with van der Waals surface area (Å²) in [6, 6.07) is 26.4. The number of hydrogen-bond acceptors (Lipinski definition) is 9. The lowest BCUT2D eigenvalue weighted by atomic mass is 9.99. The van der Waals surface area contributed by atoms with Gasteiger partial charge in [0.2, 0.25) is 11.8 Å². The molecule has 12 nitrogen and oxygen atoms in total. The first-order chi connectivity index (χ1) is 23.2. The Labute approximate surface area is 279 Å². The number of benzene rings is 3. The summed E-state index contributed by atoms with van der Waals surface area (Å²) in [5, 5.41) is 7.56. The van der Waals surface area contributed by atoms with Gasteiger partial charge in [0.05, 0.1) is 12.6 Å². The van der Waals surface area contributed by atoms with Gasteiger partial charge in [-0.25, -0.2) is 9.59 Å². The molecule has 0 bridgehead atoms. The second-order valence-corrected chi connectivity index (χ2v) is 10.9. The Morgan fingerprint density at radius 1 is 0.625 bits per heavy atom. The molecule has 0 aliphatic rings. The fourth-order valence-electron chi connectivity index (χ4n) is 4.31. The van der Waals surface area contributed by atoms with E-state index in [1.54, 1.807) is 24.3 Å². The average molecular weight is 660 g/mol. The molecule has 2 atom stereocenters. The van der Waals surface area contributed by atoms with E-state index in [0.717, 1.165) is 16.7 Å². The summed E-state index contributed by atoms with van der Waals surface area (Å²) < 4.78 is 15.6. The molecule has 3 N–H and O–H groups in total. The normalized spacial score (nSPS) is 11.8. The third-order valence-corrected chi connectivity index (χ3v) is 7.04. The number of carbonyl (C=O) groups excluding carboxylic acids is 6. The highest BCUT2D eigenvalue weighted by Gasteiger charge is 2.23. The van der Waals surface area contributed by atoms with Crippen molar-refractivity contribution in [3.63, 3.8) is 0 Å². The molecule has 3 rings (SSSR count). The van der Waals surface area contributed by atoms with Gasteiger partial charge in [-0.05, 0) is 30.0 Å². The quantitative estimate of drug-likeness (QED) is 0.121. The van der Waals surface area contributed by atoms with Crippen LogP contribution in [0.5, 0.6) is 0 Å². The predicted octanol–water partition coefficient (Wildman–Crippen LogP) is 3.56. The summed E-state index contributed by atoms with van der Waals surface area (Å²) in [5.41, 5.74) is 2.43. The Balaban J connectivity index is 1.38. The number of rotatable bonds is 20. The van der Waals surface area contributed by atoms with Crippen LogP contribution < -0.4 is 16.0 Å². The summed E-state index contributed by atoms with van der Waals surface area (Å²) in [6.07, 6.45) is -2.15. The van der Waals surface area contributed by atoms with Crippen molar-refractivity contribution in [3.05, 3.63) is 108 Å². The number of ether oxygens (including phenoxy) is 3. The van der Waals surface area contributed by atoms with Crippen LogP contribution >= 0.6 is 0 Å². The summed E-state index contributed by atoms with van der Waals surface area (Å²) in [4.78, 5) is 74.5. The number of Topliss-reactive ketones (excluding diaryl/α,β-unsaturated/α-hetero) is 2. The molecule has 12 heteroatoms. The minimum absolute atomic E-state index is 0.0563. The number of alkyl carbamates (subject to hydrolysis) is 1. The third-order valence-electron chi connectivity index (χ3n) is 7.04. The van der Waals surface area contributed by atoms with Crippen LogP contribution in [0, 0.1) is 0 Å². The molecule has 0 aromatic heterocycles. The highest BCUT2D eigenvalue weighted by Crippen LogP contribution is 2.09. The molecule has 0 unspecified atom stereocenters. The average Bonchev–Trinajstić information content (AvgIpc) is 3.11. The lowest BCUT2D eigenvalue weighted by molar-refractivity contribution is -0.158. The van der Waals surface area contributed by atoms with Gasteiger partial charge in [0, 0.05) is 25.7 Å². The molecule has 3 aromatic carbocycles. The van der Waals surface area contributed by atoms with Crippen molar-refractivity contribution in [3.8, 4) is 0 Å². The van der Waals surface area contributed by atoms with Crippen molar-refractivity contribution in [1.82, 2.24) is 16.0 Å². The maximum Gasteiger partial charge on any atom is 0.407 e. The van der Waals surface area contributed by atoms with Crippen LogP contribution in [-0.2, 0) is 57.8 Å². The molecule has 0 saturated carbocycles. The van der Waals surface area contributed by atoms with E-state index in [0.29, 0.717) is 0 Å². The van der Waals surface area contributed by atoms with Crippen molar-refractivity contribution in [2.24, 2.45) is 0 Å². The second-order valence-electron chi connectivity index (χ2n) is 10.9. The van der Waals surface area contributed by atoms with E-state index in [2.05, 4.69) is 16.0 Å². The molecule has 0 heterocycles. The Bertz CT molecular complexity index is 1480. The van der Waals surface area contributed by atoms with Gasteiger partial charge in [-0.15, -0.1) is 0 Å². The van der Waals surface area contributed by atoms with E-state index < -0.39 is 36.0 Å². The molecule has 48 heavy (non-hydrogen) atoms. The maximum atomic E-state index is 13.1. The van der Waals surface area contributed by atoms with Gasteiger partial charge in [0.1, 0.15) is 19.9 Å². The van der Waals surface area contributed by atoms with Crippen molar-refractivity contribution in [2.75, 3.05) is 13.3 Å². The van der Waals surface area contributed by atoms with E-state index in [1.165, 1.54) is 6.92 Å². The van der Waals surface area contributed by atoms with E-state index in [4.69, 9.17) is 14.2 Å². The van der Waals surface area contributed by atoms with E-state index in [1.807, 2.05) is 66.7 Å². The number of carbonyl (C=O) groups is 6. The Hall–Kier alpha value is -5.36. The molecule has 0 aliphatic heterocycles. The minimum Gasteiger partial charge on any atom is -0.459 e. The first-order valence-corrected chi connectivity index (χ1v) is 15.6. The van der Waals surface area contributed by atoms with Crippen LogP contribution in [0.1, 0.15) is 49.3 Å². The Morgan fingerprint density at radius 2 is 1.17 bits per heavy atom. The van der Waals surface area contributed by atoms with Crippen molar-refractivity contribution in [1.29, 1.82) is 0 Å². The fraction of sp³-hybridized carbons (Fsp3) is 0.333. The summed E-state index contributed by atoms with van der Waals surface area (Å²) in [7, 11) is 0. The Kier molecular flexibility index (Phi) is 16.0. The van der Waals surface area contributed by atoms with Crippen molar-refractivity contribution < 1.29 is 43.0 Å². The molecule has 0 spiro atoms. The lowest BCUT2D eigenvalue weighted by Crippen LogP contribution is -2.43. The van der Waals surface area contributed by atoms with Crippen molar-refractivity contribution in [2.45, 2.75) is 64.4 Å². The number of esters is 1. The van der Waals surface area contributed by atoms with E-state index in [9.17, 15) is 28.8 Å². The van der Waals surface area contributed by atoms with Gasteiger partial charge in [-0.2, -0.15) is 0 Å². The highest BCUT2D eigenvalue weighted by atomic mass is 16.6. The minimum atomic E-state index is -0.926. The summed E-state index contributed by atoms with van der Waals surface area (Å²) in [6.45, 7) is 1.10. The molecule has 0 radical (unpaired) electrons. The first kappa shape index (κ1) is 37.1. The lowest BCUT2D eigenvalue weighted by Gasteiger charge is -2.18. The molecule has 3 amide bonds. The molecule has 0 saturated heterocycles. The molecule has 3 aromatic rings. The summed E-state index contributed by atoms with van der Waals surface area (Å²) >= 11 is 0. The second kappa shape index (κ2) is 20.7. The van der Waals surface area contributed by atoms with Gasteiger partial charge in [-0.3, -0.25) is 19.2 Å². The number of ketones is 2. The smallest absolute Gasteiger partial charge is 0.407 e. The number of nitrogens with one attached hydrogen (secondary N) is 3. The maximum absolute atomic E-state index is 13.1. The van der Waals surface area contributed by atoms with Crippen LogP contribution in [0.15, 0.2) is 91.0 Å². The van der Waals surface area contributed by atoms with Crippen LogP contribution in [0.4, 0.5) is 4.79 Å². The zero-order chi connectivity index (χ0) is 34.6. The molecular formula is C36H41N3O9. The molecule has 254 valence electrons. The number of amides is 3. The van der Waals surface area contributed by atoms with Crippen molar-refractivity contribution >= 4 is 35.4 Å². The molecular weight excluding hydrogens is 618 g/mol. The first-order valence-electron chi connectivity index (χ1n) is 15.6. The van der Waals surface area contributed by atoms with Gasteiger partial charge >= 0.3 is 12.1 Å². The zero-order valence-corrected chi connectivity index (χ0v) is 26.9. The fourth-order valence-corrected chi connectivity index (χ4v) is 4.31. The standard InChI is InChI=1S/C36H41N3O9/c1-26(35(44)46-23-28-13-7-3-8-14-28)48-25-38-33(42)20-18-32(41)31(21-27-11-5-2-6-12-27)39-34(43)19-17-30(40)22-37-36(45)47-24-29-15-9-4-10-16-29/h2-16,26,31H,17-25H2,1H3,(H,37,45)(H,38,42)(H,39,43)/t26-,31-/m0/s1. The van der Waals surface area contributed by atoms with Crippen LogP contribution in [0.25, 0.3) is 0 Å². The zero-order valence-electron chi connectivity index (χ0n) is 26.9. The molecule has 0 aliphatic carbocycles. The van der Waals surface area contributed by atoms with E-state index >= 15 is 0 Å². The largest absolute Gasteiger partial charge is 0.459 e. The van der Waals surface area contributed by atoms with Crippen LogP contribution in [0.3, 0.4) is 0 Å². The predicted molar refractivity (Wildman–Crippen MR) is 175 cm³/mol. The van der Waals surface area contributed by atoms with Crippen LogP contribution in [0.2, 0.25) is 0 Å².